The molecule has 2 nitrogen and oxygen atoms in total. The summed E-state index contributed by atoms with van der Waals surface area (Å²) < 4.78 is 5.55. The molecule has 2 heteroatoms. The molecule has 0 aromatic heterocycles. The van der Waals surface area contributed by atoms with Crippen molar-refractivity contribution < 1.29 is 4.74 Å². The van der Waals surface area contributed by atoms with Gasteiger partial charge in [-0.25, -0.2) is 0 Å². The van der Waals surface area contributed by atoms with Crippen LogP contribution in [0.2, 0.25) is 0 Å². The zero-order valence-electron chi connectivity index (χ0n) is 8.08. The van der Waals surface area contributed by atoms with Crippen LogP contribution in [0.5, 0.6) is 0 Å². The van der Waals surface area contributed by atoms with Crippen molar-refractivity contribution in [2.45, 2.75) is 33.3 Å². The number of ether oxygens (including phenoxy) is 1. The van der Waals surface area contributed by atoms with E-state index in [4.69, 9.17) is 4.74 Å². The minimum Gasteiger partial charge on any atom is -0.475 e. The summed E-state index contributed by atoms with van der Waals surface area (Å²) in [6.07, 6.45) is 5.43. The highest BCUT2D eigenvalue weighted by atomic mass is 16.5. The van der Waals surface area contributed by atoms with Crippen LogP contribution in [0.3, 0.4) is 0 Å². The molecule has 68 valence electrons. The summed E-state index contributed by atoms with van der Waals surface area (Å²) in [6.45, 7) is 7.19. The van der Waals surface area contributed by atoms with E-state index in [0.717, 1.165) is 18.9 Å². The zero-order chi connectivity index (χ0) is 8.97. The second-order valence-corrected chi connectivity index (χ2v) is 3.35. The van der Waals surface area contributed by atoms with E-state index in [1.165, 1.54) is 0 Å². The minimum atomic E-state index is 0.279. The zero-order valence-corrected chi connectivity index (χ0v) is 8.08. The van der Waals surface area contributed by atoms with Crippen molar-refractivity contribution in [1.82, 2.24) is 0 Å². The van der Waals surface area contributed by atoms with Crippen LogP contribution in [0.15, 0.2) is 17.1 Å². The van der Waals surface area contributed by atoms with Crippen LogP contribution in [-0.4, -0.2) is 18.5 Å². The fraction of sp³-hybridized carbons (Fsp3) is 0.700. The van der Waals surface area contributed by atoms with Crippen molar-refractivity contribution in [3.63, 3.8) is 0 Å². The standard InChI is InChI=1S/C10H17NO/c1-4-9(3)12-10-6-5-8(2)7-11-10/h5-6,8-9H,4,7H2,1-3H3. The summed E-state index contributed by atoms with van der Waals surface area (Å²) in [7, 11) is 0. The van der Waals surface area contributed by atoms with Crippen LogP contribution < -0.4 is 0 Å². The van der Waals surface area contributed by atoms with Crippen LogP contribution in [-0.2, 0) is 4.74 Å². The number of dihydropyridines is 1. The first-order chi connectivity index (χ1) is 5.72. The highest BCUT2D eigenvalue weighted by Crippen LogP contribution is 2.07. The third kappa shape index (κ3) is 2.68. The molecule has 0 aromatic carbocycles. The van der Waals surface area contributed by atoms with Gasteiger partial charge in [0.2, 0.25) is 5.90 Å². The molecule has 0 amide bonds. The van der Waals surface area contributed by atoms with Gasteiger partial charge >= 0.3 is 0 Å². The Balaban J connectivity index is 2.40. The number of nitrogens with zero attached hydrogens (tertiary/aromatic N) is 1. The lowest BCUT2D eigenvalue weighted by Gasteiger charge is -2.15. The van der Waals surface area contributed by atoms with E-state index in [1.54, 1.807) is 0 Å². The van der Waals surface area contributed by atoms with Crippen molar-refractivity contribution in [1.29, 1.82) is 0 Å². The molecule has 0 fully saturated rings. The lowest BCUT2D eigenvalue weighted by molar-refractivity contribution is 0.204. The summed E-state index contributed by atoms with van der Waals surface area (Å²) in [5, 5.41) is 0. The smallest absolute Gasteiger partial charge is 0.208 e. The van der Waals surface area contributed by atoms with Crippen molar-refractivity contribution >= 4 is 5.90 Å². The Morgan fingerprint density at radius 3 is 3.00 bits per heavy atom. The number of hydrogen-bond acceptors (Lipinski definition) is 2. The Morgan fingerprint density at radius 2 is 2.50 bits per heavy atom. The number of rotatable bonds is 2. The Bertz CT molecular complexity index is 196. The van der Waals surface area contributed by atoms with Gasteiger partial charge in [0.25, 0.3) is 0 Å². The molecule has 0 saturated heterocycles. The lowest BCUT2D eigenvalue weighted by atomic mass is 10.1. The van der Waals surface area contributed by atoms with E-state index < -0.39 is 0 Å². The minimum absolute atomic E-state index is 0.279. The highest BCUT2D eigenvalue weighted by molar-refractivity contribution is 5.88. The van der Waals surface area contributed by atoms with Crippen LogP contribution in [0, 0.1) is 5.92 Å². The monoisotopic (exact) mass is 167 g/mol. The molecule has 0 aliphatic carbocycles. The molecule has 0 bridgehead atoms. The van der Waals surface area contributed by atoms with Crippen LogP contribution >= 0.6 is 0 Å². The third-order valence-electron chi connectivity index (χ3n) is 2.00. The molecule has 2 atom stereocenters. The van der Waals surface area contributed by atoms with E-state index in [-0.39, 0.29) is 6.10 Å². The normalized spacial score (nSPS) is 24.9. The maximum absolute atomic E-state index is 5.55. The van der Waals surface area contributed by atoms with Crippen molar-refractivity contribution in [2.75, 3.05) is 6.54 Å². The molecule has 2 unspecified atom stereocenters. The van der Waals surface area contributed by atoms with E-state index >= 15 is 0 Å². The van der Waals surface area contributed by atoms with Crippen molar-refractivity contribution in [2.24, 2.45) is 10.9 Å². The van der Waals surface area contributed by atoms with Gasteiger partial charge in [-0.3, -0.25) is 4.99 Å². The van der Waals surface area contributed by atoms with Gasteiger partial charge in [0.1, 0.15) is 0 Å². The average Bonchev–Trinajstić information content (AvgIpc) is 2.09. The summed E-state index contributed by atoms with van der Waals surface area (Å²) in [6, 6.07) is 0. The molecular formula is C10H17NO. The largest absolute Gasteiger partial charge is 0.475 e. The molecule has 0 N–H and O–H groups in total. The van der Waals surface area contributed by atoms with Crippen LogP contribution in [0.1, 0.15) is 27.2 Å². The van der Waals surface area contributed by atoms with Gasteiger partial charge in [-0.2, -0.15) is 0 Å². The van der Waals surface area contributed by atoms with Gasteiger partial charge in [-0.1, -0.05) is 19.9 Å². The van der Waals surface area contributed by atoms with Gasteiger partial charge in [-0.15, -0.1) is 0 Å². The van der Waals surface area contributed by atoms with E-state index in [1.807, 2.05) is 6.08 Å². The van der Waals surface area contributed by atoms with E-state index in [0.29, 0.717) is 5.92 Å². The van der Waals surface area contributed by atoms with Crippen LogP contribution in [0.25, 0.3) is 0 Å². The average molecular weight is 167 g/mol. The first-order valence-electron chi connectivity index (χ1n) is 4.61. The first kappa shape index (κ1) is 9.30. The molecule has 0 aromatic rings. The van der Waals surface area contributed by atoms with Crippen LogP contribution in [0.4, 0.5) is 0 Å². The Hall–Kier alpha value is -0.790. The predicted molar refractivity (Wildman–Crippen MR) is 51.4 cm³/mol. The number of hydrogen-bond donors (Lipinski definition) is 0. The maximum atomic E-state index is 5.55. The Labute approximate surface area is 74.3 Å². The highest BCUT2D eigenvalue weighted by Gasteiger charge is 2.07. The molecule has 0 spiro atoms. The fourth-order valence-electron chi connectivity index (χ4n) is 0.960. The second-order valence-electron chi connectivity index (χ2n) is 3.35. The molecule has 1 heterocycles. The maximum Gasteiger partial charge on any atom is 0.208 e. The molecule has 1 aliphatic heterocycles. The second kappa shape index (κ2) is 4.29. The van der Waals surface area contributed by atoms with Gasteiger partial charge in [-0.05, 0) is 25.3 Å². The van der Waals surface area contributed by atoms with Crippen molar-refractivity contribution in [3.05, 3.63) is 12.2 Å². The summed E-state index contributed by atoms with van der Waals surface area (Å²) in [5.41, 5.74) is 0. The van der Waals surface area contributed by atoms with E-state index in [9.17, 15) is 0 Å². The number of aliphatic imine (C=N–C) groups is 1. The quantitative estimate of drug-likeness (QED) is 0.619. The SMILES string of the molecule is CCC(C)OC1=NCC(C)C=C1. The predicted octanol–water partition coefficient (Wildman–Crippen LogP) is 2.41. The van der Waals surface area contributed by atoms with Gasteiger partial charge in [0, 0.05) is 6.54 Å². The summed E-state index contributed by atoms with van der Waals surface area (Å²) in [4.78, 5) is 4.31. The molecule has 1 aliphatic rings. The Morgan fingerprint density at radius 1 is 1.75 bits per heavy atom. The fourth-order valence-corrected chi connectivity index (χ4v) is 0.960. The van der Waals surface area contributed by atoms with Gasteiger partial charge < -0.3 is 4.74 Å². The summed E-state index contributed by atoms with van der Waals surface area (Å²) >= 11 is 0. The Kier molecular flexibility index (Phi) is 3.32. The van der Waals surface area contributed by atoms with E-state index in [2.05, 4.69) is 31.8 Å². The molecule has 0 radical (unpaired) electrons. The molecular weight excluding hydrogens is 150 g/mol. The topological polar surface area (TPSA) is 21.6 Å². The van der Waals surface area contributed by atoms with Gasteiger partial charge in [0.05, 0.1) is 6.10 Å². The molecule has 12 heavy (non-hydrogen) atoms. The van der Waals surface area contributed by atoms with Crippen molar-refractivity contribution in [3.8, 4) is 0 Å². The third-order valence-corrected chi connectivity index (χ3v) is 2.00. The summed E-state index contributed by atoms with van der Waals surface area (Å²) in [5.74, 6) is 1.36. The lowest BCUT2D eigenvalue weighted by Crippen LogP contribution is -2.16. The molecule has 1 rings (SSSR count). The van der Waals surface area contributed by atoms with Gasteiger partial charge in [0.15, 0.2) is 0 Å². The molecule has 0 saturated carbocycles. The first-order valence-corrected chi connectivity index (χ1v) is 4.61.